The summed E-state index contributed by atoms with van der Waals surface area (Å²) in [6.45, 7) is 4.74. The van der Waals surface area contributed by atoms with Gasteiger partial charge in [-0.2, -0.15) is 0 Å². The van der Waals surface area contributed by atoms with Crippen LogP contribution >= 0.6 is 11.3 Å². The van der Waals surface area contributed by atoms with Gasteiger partial charge in [-0.15, -0.1) is 11.3 Å². The van der Waals surface area contributed by atoms with Gasteiger partial charge in [0.2, 0.25) is 0 Å². The Morgan fingerprint density at radius 1 is 1.00 bits per heavy atom. The molecular weight excluding hydrogens is 362 g/mol. The van der Waals surface area contributed by atoms with Crippen molar-refractivity contribution in [1.82, 2.24) is 0 Å². The van der Waals surface area contributed by atoms with Gasteiger partial charge in [0.05, 0.1) is 17.8 Å². The molecule has 4 aliphatic carbocycles. The maximum atomic E-state index is 5.91. The molecule has 4 bridgehead atoms. The molecule has 1 aliphatic heterocycles. The predicted octanol–water partition coefficient (Wildman–Crippen LogP) is 7.04. The quantitative estimate of drug-likeness (QED) is 0.444. The molecule has 0 N–H and O–H groups in total. The molecule has 144 valence electrons. The molecule has 1 atom stereocenters. The van der Waals surface area contributed by atoms with E-state index in [2.05, 4.69) is 49.1 Å². The molecule has 3 heteroatoms. The van der Waals surface area contributed by atoms with Crippen LogP contribution in [0.25, 0.3) is 10.3 Å². The lowest BCUT2D eigenvalue weighted by Crippen LogP contribution is -2.62. The second-order valence-corrected chi connectivity index (χ2v) is 10.9. The molecule has 0 radical (unpaired) electrons. The number of hydrogen-bond donors (Lipinski definition) is 0. The third-order valence-corrected chi connectivity index (χ3v) is 9.94. The zero-order chi connectivity index (χ0) is 18.6. The van der Waals surface area contributed by atoms with Crippen LogP contribution in [0.1, 0.15) is 61.1 Å². The lowest BCUT2D eigenvalue weighted by atomic mass is 9.47. The fourth-order valence-electron chi connectivity index (χ4n) is 8.05. The highest BCUT2D eigenvalue weighted by atomic mass is 32.1. The van der Waals surface area contributed by atoms with Gasteiger partial charge in [0, 0.05) is 21.5 Å². The molecule has 0 amide bonds. The number of aryl methyl sites for hydroxylation is 1. The van der Waals surface area contributed by atoms with Crippen LogP contribution in [-0.2, 0) is 5.54 Å². The highest BCUT2D eigenvalue weighted by Crippen LogP contribution is 2.70. The first-order chi connectivity index (χ1) is 13.7. The molecule has 2 nitrogen and oxygen atoms in total. The molecule has 4 fully saturated rings. The van der Waals surface area contributed by atoms with E-state index in [1.165, 1.54) is 48.7 Å². The molecule has 1 unspecified atom stereocenters. The van der Waals surface area contributed by atoms with E-state index < -0.39 is 0 Å². The Hall–Kier alpha value is -1.74. The number of nitrogens with zero attached hydrogens (tertiary/aromatic N) is 1. The van der Waals surface area contributed by atoms with E-state index in [0.717, 1.165) is 28.6 Å². The van der Waals surface area contributed by atoms with Gasteiger partial charge in [-0.3, -0.25) is 0 Å². The Morgan fingerprint density at radius 3 is 2.43 bits per heavy atom. The van der Waals surface area contributed by atoms with Gasteiger partial charge in [0.25, 0.3) is 0 Å². The molecule has 2 aromatic heterocycles. The van der Waals surface area contributed by atoms with Crippen molar-refractivity contribution in [3.05, 3.63) is 52.6 Å². The first kappa shape index (κ1) is 16.1. The summed E-state index contributed by atoms with van der Waals surface area (Å²) in [6, 6.07) is 11.8. The van der Waals surface area contributed by atoms with Gasteiger partial charge >= 0.3 is 0 Å². The maximum Gasteiger partial charge on any atom is 0.188 e. The second kappa shape index (κ2) is 5.24. The zero-order valence-electron chi connectivity index (χ0n) is 16.7. The highest BCUT2D eigenvalue weighted by molar-refractivity contribution is 7.18. The van der Waals surface area contributed by atoms with Crippen molar-refractivity contribution in [3.8, 4) is 0 Å². The predicted molar refractivity (Wildman–Crippen MR) is 115 cm³/mol. The Balaban J connectivity index is 1.55. The number of para-hydroxylation sites is 1. The topological polar surface area (TPSA) is 16.4 Å². The van der Waals surface area contributed by atoms with Crippen LogP contribution < -0.4 is 4.90 Å². The van der Waals surface area contributed by atoms with Crippen LogP contribution in [0.2, 0.25) is 0 Å². The summed E-state index contributed by atoms with van der Waals surface area (Å²) in [7, 11) is 0. The summed E-state index contributed by atoms with van der Waals surface area (Å²) in [5.41, 5.74) is 4.71. The van der Waals surface area contributed by atoms with Crippen molar-refractivity contribution < 1.29 is 4.42 Å². The molecule has 1 aromatic carbocycles. The minimum Gasteiger partial charge on any atom is -0.454 e. The number of furan rings is 1. The van der Waals surface area contributed by atoms with Gasteiger partial charge in [-0.05, 0) is 87.3 Å². The number of rotatable bonds is 1. The molecule has 0 saturated heterocycles. The fourth-order valence-corrected chi connectivity index (χ4v) is 9.29. The first-order valence-corrected chi connectivity index (χ1v) is 11.8. The van der Waals surface area contributed by atoms with Crippen molar-refractivity contribution in [1.29, 1.82) is 0 Å². The van der Waals surface area contributed by atoms with Gasteiger partial charge in [0.1, 0.15) is 0 Å². The maximum absolute atomic E-state index is 5.91. The van der Waals surface area contributed by atoms with E-state index >= 15 is 0 Å². The van der Waals surface area contributed by atoms with E-state index in [4.69, 9.17) is 4.42 Å². The van der Waals surface area contributed by atoms with Crippen molar-refractivity contribution in [2.75, 3.05) is 4.90 Å². The number of hydrogen-bond acceptors (Lipinski definition) is 3. The summed E-state index contributed by atoms with van der Waals surface area (Å²) in [5, 5.41) is 1.41. The monoisotopic (exact) mass is 389 g/mol. The minimum atomic E-state index is 0.177. The molecule has 3 heterocycles. The summed E-state index contributed by atoms with van der Waals surface area (Å²) < 4.78 is 5.91. The van der Waals surface area contributed by atoms with Crippen LogP contribution in [-0.4, -0.2) is 0 Å². The van der Waals surface area contributed by atoms with Crippen LogP contribution in [0, 0.1) is 30.6 Å². The van der Waals surface area contributed by atoms with Crippen molar-refractivity contribution in [2.24, 2.45) is 23.7 Å². The van der Waals surface area contributed by atoms with E-state index in [1.807, 2.05) is 17.6 Å². The Kier molecular flexibility index (Phi) is 3.01. The second-order valence-electron chi connectivity index (χ2n) is 9.93. The van der Waals surface area contributed by atoms with Crippen LogP contribution in [0.3, 0.4) is 0 Å². The van der Waals surface area contributed by atoms with E-state index in [9.17, 15) is 0 Å². The number of thiophene rings is 1. The number of anilines is 1. The number of fused-ring (bicyclic) bond motifs is 3. The normalized spacial score (nSPS) is 38.1. The van der Waals surface area contributed by atoms with Crippen LogP contribution in [0.4, 0.5) is 5.69 Å². The smallest absolute Gasteiger partial charge is 0.188 e. The van der Waals surface area contributed by atoms with Crippen LogP contribution in [0.5, 0.6) is 0 Å². The summed E-state index contributed by atoms with van der Waals surface area (Å²) in [6.07, 6.45) is 9.12. The third-order valence-electron chi connectivity index (χ3n) is 8.67. The average molecular weight is 390 g/mol. The van der Waals surface area contributed by atoms with Crippen LogP contribution in [0.15, 0.2) is 41.0 Å². The Labute approximate surface area is 170 Å². The molecule has 5 aliphatic rings. The summed E-state index contributed by atoms with van der Waals surface area (Å²) in [5.74, 6) is 3.54. The van der Waals surface area contributed by atoms with E-state index in [-0.39, 0.29) is 5.54 Å². The fraction of sp³-hybridized carbons (Fsp3) is 0.520. The SMILES string of the molecule is Cc1ccccc1N1C(C)c2sc3occc3c2C12C1CC3CC(C1)CC2C3. The minimum absolute atomic E-state index is 0.177. The zero-order valence-corrected chi connectivity index (χ0v) is 17.5. The average Bonchev–Trinajstić information content (AvgIpc) is 3.32. The lowest BCUT2D eigenvalue weighted by Gasteiger charge is -2.64. The molecular formula is C25H27NOS. The standard InChI is InChI=1S/C25H27NOS/c1-14-5-3-4-6-21(14)26-15(2)23-22(20-7-8-27-24(20)28-23)25(26)18-10-16-9-17(12-18)13-19(25)11-16/h3-8,15-19H,9-13H2,1-2H3. The van der Waals surface area contributed by atoms with E-state index in [1.54, 1.807) is 10.4 Å². The first-order valence-electron chi connectivity index (χ1n) is 11.0. The van der Waals surface area contributed by atoms with Crippen molar-refractivity contribution >= 4 is 27.3 Å². The summed E-state index contributed by atoms with van der Waals surface area (Å²) in [4.78, 5) is 5.61. The Morgan fingerprint density at radius 2 is 1.71 bits per heavy atom. The van der Waals surface area contributed by atoms with Gasteiger partial charge < -0.3 is 9.32 Å². The third kappa shape index (κ3) is 1.72. The molecule has 4 saturated carbocycles. The largest absolute Gasteiger partial charge is 0.454 e. The van der Waals surface area contributed by atoms with Gasteiger partial charge in [-0.25, -0.2) is 0 Å². The summed E-state index contributed by atoms with van der Waals surface area (Å²) >= 11 is 1.92. The molecule has 8 rings (SSSR count). The van der Waals surface area contributed by atoms with Gasteiger partial charge in [-0.1, -0.05) is 18.2 Å². The highest BCUT2D eigenvalue weighted by Gasteiger charge is 2.65. The Bertz CT molecular complexity index is 1060. The van der Waals surface area contributed by atoms with Gasteiger partial charge in [0.15, 0.2) is 4.90 Å². The molecule has 1 spiro atoms. The lowest BCUT2D eigenvalue weighted by molar-refractivity contribution is -0.0596. The molecule has 3 aromatic rings. The number of benzene rings is 1. The van der Waals surface area contributed by atoms with Crippen molar-refractivity contribution in [3.63, 3.8) is 0 Å². The molecule has 28 heavy (non-hydrogen) atoms. The van der Waals surface area contributed by atoms with E-state index in [0.29, 0.717) is 6.04 Å². The van der Waals surface area contributed by atoms with Crippen molar-refractivity contribution in [2.45, 2.75) is 57.5 Å².